The lowest BCUT2D eigenvalue weighted by Gasteiger charge is -2.23. The van der Waals surface area contributed by atoms with Gasteiger partial charge in [0.1, 0.15) is 11.4 Å². The van der Waals surface area contributed by atoms with Crippen molar-refractivity contribution in [3.8, 4) is 17.2 Å². The second-order valence-corrected chi connectivity index (χ2v) is 8.08. The third kappa shape index (κ3) is 2.64. The molecule has 1 N–H and O–H groups in total. The molecule has 2 aromatic carbocycles. The number of nitrogens with zero attached hydrogens (tertiary/aromatic N) is 1. The monoisotopic (exact) mass is 420 g/mol. The highest BCUT2D eigenvalue weighted by Gasteiger charge is 2.67. The molecule has 4 atom stereocenters. The van der Waals surface area contributed by atoms with Gasteiger partial charge in [0.2, 0.25) is 18.6 Å². The maximum absolute atomic E-state index is 13.5. The predicted molar refractivity (Wildman–Crippen MR) is 110 cm³/mol. The van der Waals surface area contributed by atoms with E-state index in [-0.39, 0.29) is 18.6 Å². The van der Waals surface area contributed by atoms with Gasteiger partial charge in [-0.05, 0) is 36.4 Å². The molecule has 4 aliphatic heterocycles. The fraction of sp³-hybridized carbons (Fsp3) is 0.304. The molecule has 0 unspecified atom stereocenters. The highest BCUT2D eigenvalue weighted by atomic mass is 16.7. The summed E-state index contributed by atoms with van der Waals surface area (Å²) in [4.78, 5) is 28.3. The molecule has 4 aliphatic rings. The van der Waals surface area contributed by atoms with Crippen molar-refractivity contribution in [2.24, 2.45) is 11.8 Å². The fourth-order valence-electron chi connectivity index (χ4n) is 4.97. The Bertz CT molecular complexity index is 1110. The number of ether oxygens (including phenoxy) is 4. The number of carbonyl (C=O) groups excluding carboxylic acids is 2. The van der Waals surface area contributed by atoms with Crippen molar-refractivity contribution in [1.82, 2.24) is 0 Å². The van der Waals surface area contributed by atoms with Crippen molar-refractivity contribution >= 4 is 23.2 Å². The molecule has 8 heteroatoms. The van der Waals surface area contributed by atoms with E-state index in [0.717, 1.165) is 0 Å². The van der Waals surface area contributed by atoms with Gasteiger partial charge in [-0.2, -0.15) is 0 Å². The van der Waals surface area contributed by atoms with Crippen LogP contribution in [0, 0.1) is 11.8 Å². The summed E-state index contributed by atoms with van der Waals surface area (Å²) in [5, 5.41) is 2.92. The molecule has 2 fully saturated rings. The Morgan fingerprint density at radius 3 is 2.77 bits per heavy atom. The van der Waals surface area contributed by atoms with Gasteiger partial charge < -0.3 is 29.2 Å². The van der Waals surface area contributed by atoms with Crippen molar-refractivity contribution in [2.75, 3.05) is 30.7 Å². The molecule has 6 rings (SSSR count). The summed E-state index contributed by atoms with van der Waals surface area (Å²) in [5.74, 6) is 0.433. The van der Waals surface area contributed by atoms with Gasteiger partial charge in [0.05, 0.1) is 31.6 Å². The quantitative estimate of drug-likeness (QED) is 0.765. The summed E-state index contributed by atoms with van der Waals surface area (Å²) < 4.78 is 22.2. The third-order valence-electron chi connectivity index (χ3n) is 6.43. The smallest absolute Gasteiger partial charge is 0.234 e. The number of rotatable bonds is 4. The fourth-order valence-corrected chi connectivity index (χ4v) is 4.97. The lowest BCUT2D eigenvalue weighted by atomic mass is 9.77. The topological polar surface area (TPSA) is 86.3 Å². The zero-order chi connectivity index (χ0) is 21.2. The second kappa shape index (κ2) is 6.49. The molecule has 8 nitrogen and oxygen atoms in total. The lowest BCUT2D eigenvalue weighted by molar-refractivity contribution is -0.128. The van der Waals surface area contributed by atoms with Crippen LogP contribution < -0.4 is 24.4 Å². The van der Waals surface area contributed by atoms with Crippen LogP contribution in [0.2, 0.25) is 0 Å². The van der Waals surface area contributed by atoms with Crippen LogP contribution in [0.1, 0.15) is 0 Å². The molecule has 1 spiro atoms. The number of methoxy groups -OCH3 is 1. The first-order valence-corrected chi connectivity index (χ1v) is 10.1. The Balaban J connectivity index is 1.27. The Labute approximate surface area is 178 Å². The van der Waals surface area contributed by atoms with E-state index in [4.69, 9.17) is 18.9 Å². The van der Waals surface area contributed by atoms with Crippen LogP contribution in [0.4, 0.5) is 11.4 Å². The maximum atomic E-state index is 13.5. The first-order valence-electron chi connectivity index (χ1n) is 10.1. The van der Waals surface area contributed by atoms with E-state index in [1.807, 2.05) is 18.2 Å². The maximum Gasteiger partial charge on any atom is 0.234 e. The lowest BCUT2D eigenvalue weighted by Crippen LogP contribution is -2.41. The van der Waals surface area contributed by atoms with E-state index in [0.29, 0.717) is 35.2 Å². The van der Waals surface area contributed by atoms with E-state index in [1.165, 1.54) is 0 Å². The molecular weight excluding hydrogens is 400 g/mol. The van der Waals surface area contributed by atoms with Gasteiger partial charge in [-0.25, -0.2) is 0 Å². The van der Waals surface area contributed by atoms with E-state index in [2.05, 4.69) is 5.32 Å². The van der Waals surface area contributed by atoms with Crippen LogP contribution >= 0.6 is 0 Å². The Hall–Kier alpha value is -3.52. The van der Waals surface area contributed by atoms with E-state index < -0.39 is 23.5 Å². The molecule has 31 heavy (non-hydrogen) atoms. The van der Waals surface area contributed by atoms with E-state index in [9.17, 15) is 9.59 Å². The Morgan fingerprint density at radius 2 is 1.97 bits per heavy atom. The Morgan fingerprint density at radius 1 is 1.16 bits per heavy atom. The summed E-state index contributed by atoms with van der Waals surface area (Å²) >= 11 is 0. The number of amides is 2. The summed E-state index contributed by atoms with van der Waals surface area (Å²) in [6.45, 7) is 0.524. The second-order valence-electron chi connectivity index (χ2n) is 8.08. The van der Waals surface area contributed by atoms with Crippen molar-refractivity contribution in [1.29, 1.82) is 0 Å². The van der Waals surface area contributed by atoms with Crippen molar-refractivity contribution in [3.05, 3.63) is 54.6 Å². The number of hydrogen-bond donors (Lipinski definition) is 1. The third-order valence-corrected chi connectivity index (χ3v) is 6.43. The zero-order valence-corrected chi connectivity index (χ0v) is 16.7. The first-order chi connectivity index (χ1) is 15.1. The van der Waals surface area contributed by atoms with Gasteiger partial charge in [-0.1, -0.05) is 12.2 Å². The summed E-state index contributed by atoms with van der Waals surface area (Å²) in [6.07, 6.45) is 3.42. The average Bonchev–Trinajstić information content (AvgIpc) is 3.54. The molecular formula is C23H20N2O6. The van der Waals surface area contributed by atoms with Crippen LogP contribution in [-0.4, -0.2) is 44.0 Å². The number of hydrogen-bond acceptors (Lipinski definition) is 6. The number of anilines is 2. The van der Waals surface area contributed by atoms with Gasteiger partial charge in [0.15, 0.2) is 11.5 Å². The van der Waals surface area contributed by atoms with Gasteiger partial charge in [-0.15, -0.1) is 0 Å². The standard InChI is InChI=1S/C23H20N2O6/c1-28-15-5-2-13(3-6-15)24-21(26)19-17-8-9-23(31-17)11-25(22(27)20(19)23)14-4-7-16-18(10-14)30-12-29-16/h2-10,17,19-20H,11-12H2,1H3,(H,24,26)/t17-,19-,20+,23+/m1/s1. The number of nitrogens with one attached hydrogen (secondary N) is 1. The molecule has 2 bridgehead atoms. The van der Waals surface area contributed by atoms with Crippen molar-refractivity contribution in [2.45, 2.75) is 11.7 Å². The van der Waals surface area contributed by atoms with Crippen LogP contribution in [-0.2, 0) is 14.3 Å². The largest absolute Gasteiger partial charge is 0.497 e. The first kappa shape index (κ1) is 18.3. The molecule has 4 heterocycles. The van der Waals surface area contributed by atoms with Gasteiger partial charge in [-0.3, -0.25) is 9.59 Å². The number of carbonyl (C=O) groups is 2. The van der Waals surface area contributed by atoms with Crippen LogP contribution in [0.5, 0.6) is 17.2 Å². The van der Waals surface area contributed by atoms with Gasteiger partial charge >= 0.3 is 0 Å². The summed E-state index contributed by atoms with van der Waals surface area (Å²) in [5.41, 5.74) is 0.553. The molecule has 2 amide bonds. The summed E-state index contributed by atoms with van der Waals surface area (Å²) in [7, 11) is 1.59. The zero-order valence-electron chi connectivity index (χ0n) is 16.7. The number of benzene rings is 2. The average molecular weight is 420 g/mol. The van der Waals surface area contributed by atoms with E-state index >= 15 is 0 Å². The van der Waals surface area contributed by atoms with Crippen molar-refractivity contribution < 1.29 is 28.5 Å². The molecule has 2 saturated heterocycles. The molecule has 0 radical (unpaired) electrons. The molecule has 2 aromatic rings. The van der Waals surface area contributed by atoms with Crippen molar-refractivity contribution in [3.63, 3.8) is 0 Å². The predicted octanol–water partition coefficient (Wildman–Crippen LogP) is 2.35. The minimum absolute atomic E-state index is 0.124. The van der Waals surface area contributed by atoms with Gasteiger partial charge in [0, 0.05) is 17.4 Å². The molecule has 0 aromatic heterocycles. The number of fused-ring (bicyclic) bond motifs is 2. The minimum Gasteiger partial charge on any atom is -0.497 e. The summed E-state index contributed by atoms with van der Waals surface area (Å²) in [6, 6.07) is 12.5. The van der Waals surface area contributed by atoms with Crippen LogP contribution in [0.15, 0.2) is 54.6 Å². The molecule has 158 valence electrons. The molecule has 0 saturated carbocycles. The van der Waals surface area contributed by atoms with Crippen LogP contribution in [0.3, 0.4) is 0 Å². The highest BCUT2D eigenvalue weighted by Crippen LogP contribution is 2.53. The minimum atomic E-state index is -0.792. The normalized spacial score (nSPS) is 29.4. The Kier molecular flexibility index (Phi) is 3.82. The van der Waals surface area contributed by atoms with Crippen LogP contribution in [0.25, 0.3) is 0 Å². The highest BCUT2D eigenvalue weighted by molar-refractivity contribution is 6.05. The van der Waals surface area contributed by atoms with E-state index in [1.54, 1.807) is 48.4 Å². The molecule has 0 aliphatic carbocycles. The SMILES string of the molecule is COc1ccc(NC(=O)[C@H]2[C@H]3C(=O)N(c4ccc5c(c4)OCO5)C[C@@]34C=C[C@H]2O4)cc1. The van der Waals surface area contributed by atoms with Gasteiger partial charge in [0.25, 0.3) is 0 Å².